The number of carbonyl (C=O) groups excluding carboxylic acids is 1. The largest absolute Gasteiger partial charge is 0.457 e. The van der Waals surface area contributed by atoms with Crippen molar-refractivity contribution in [2.24, 2.45) is 0 Å². The Balaban J connectivity index is 2.22. The summed E-state index contributed by atoms with van der Waals surface area (Å²) >= 11 is 0. The number of methoxy groups -OCH3 is 1. The number of carbonyl (C=O) groups is 1. The van der Waals surface area contributed by atoms with Crippen molar-refractivity contribution < 1.29 is 24.1 Å². The molecule has 2 rings (SSSR count). The lowest BCUT2D eigenvalue weighted by molar-refractivity contribution is -0.385. The van der Waals surface area contributed by atoms with Crippen molar-refractivity contribution in [2.45, 2.75) is 6.61 Å². The van der Waals surface area contributed by atoms with Crippen LogP contribution in [0.15, 0.2) is 42.5 Å². The molecular weight excluding hydrogens is 358 g/mol. The standard InChI is InChI=1S/C17H17N3O7/c1-26-9-8-18-15-7-6-13(19(22)23)10-14(15)17(21)27-11-12-4-2-3-5-16(12)20(24)25/h2-7,10,18H,8-9,11H2,1H3. The maximum absolute atomic E-state index is 12.4. The molecule has 27 heavy (non-hydrogen) atoms. The minimum absolute atomic E-state index is 0.0427. The van der Waals surface area contributed by atoms with Gasteiger partial charge in [0.1, 0.15) is 6.61 Å². The van der Waals surface area contributed by atoms with E-state index in [2.05, 4.69) is 5.32 Å². The summed E-state index contributed by atoms with van der Waals surface area (Å²) in [6.45, 7) is 0.399. The lowest BCUT2D eigenvalue weighted by atomic mass is 10.1. The summed E-state index contributed by atoms with van der Waals surface area (Å²) in [7, 11) is 1.51. The molecule has 0 unspecified atom stereocenters. The number of benzene rings is 2. The van der Waals surface area contributed by atoms with Crippen molar-refractivity contribution in [3.05, 3.63) is 73.8 Å². The van der Waals surface area contributed by atoms with Crippen molar-refractivity contribution >= 4 is 23.0 Å². The maximum Gasteiger partial charge on any atom is 0.340 e. The molecule has 0 saturated carbocycles. The number of nitro benzene ring substituents is 2. The fourth-order valence-electron chi connectivity index (χ4n) is 2.29. The Morgan fingerprint density at radius 2 is 1.85 bits per heavy atom. The van der Waals surface area contributed by atoms with Crippen molar-refractivity contribution in [1.82, 2.24) is 0 Å². The Hall–Kier alpha value is -3.53. The molecule has 0 spiro atoms. The zero-order valence-corrected chi connectivity index (χ0v) is 14.4. The molecule has 0 saturated heterocycles. The normalized spacial score (nSPS) is 10.3. The zero-order valence-electron chi connectivity index (χ0n) is 14.4. The number of non-ortho nitro benzene ring substituents is 1. The van der Waals surface area contributed by atoms with Crippen LogP contribution in [0.3, 0.4) is 0 Å². The highest BCUT2D eigenvalue weighted by Crippen LogP contribution is 2.24. The predicted molar refractivity (Wildman–Crippen MR) is 95.7 cm³/mol. The molecule has 0 fully saturated rings. The van der Waals surface area contributed by atoms with E-state index < -0.39 is 15.8 Å². The topological polar surface area (TPSA) is 134 Å². The van der Waals surface area contributed by atoms with Crippen LogP contribution in [0.1, 0.15) is 15.9 Å². The molecule has 0 atom stereocenters. The van der Waals surface area contributed by atoms with Gasteiger partial charge in [0, 0.05) is 37.5 Å². The van der Waals surface area contributed by atoms with Crippen LogP contribution in [0.4, 0.5) is 17.1 Å². The van der Waals surface area contributed by atoms with Gasteiger partial charge in [0.15, 0.2) is 0 Å². The molecule has 10 nitrogen and oxygen atoms in total. The quantitative estimate of drug-likeness (QED) is 0.306. The van der Waals surface area contributed by atoms with Crippen LogP contribution in [0.25, 0.3) is 0 Å². The molecule has 0 aliphatic heterocycles. The van der Waals surface area contributed by atoms with Gasteiger partial charge in [0.2, 0.25) is 0 Å². The summed E-state index contributed by atoms with van der Waals surface area (Å²) in [5.41, 5.74) is 0.0620. The smallest absolute Gasteiger partial charge is 0.340 e. The number of nitro groups is 2. The number of nitrogens with one attached hydrogen (secondary N) is 1. The second kappa shape index (κ2) is 9.25. The zero-order chi connectivity index (χ0) is 19.8. The third-order valence-electron chi connectivity index (χ3n) is 3.60. The first-order valence-corrected chi connectivity index (χ1v) is 7.84. The Kier molecular flexibility index (Phi) is 6.78. The van der Waals surface area contributed by atoms with E-state index in [1.165, 1.54) is 37.4 Å². The summed E-state index contributed by atoms with van der Waals surface area (Å²) in [4.78, 5) is 33.2. The molecule has 0 radical (unpaired) electrons. The van der Waals surface area contributed by atoms with E-state index in [-0.39, 0.29) is 29.1 Å². The average Bonchev–Trinajstić information content (AvgIpc) is 2.66. The number of hydrogen-bond donors (Lipinski definition) is 1. The van der Waals surface area contributed by atoms with Gasteiger partial charge < -0.3 is 14.8 Å². The fourth-order valence-corrected chi connectivity index (χ4v) is 2.29. The van der Waals surface area contributed by atoms with Gasteiger partial charge in [-0.05, 0) is 12.1 Å². The molecule has 1 N–H and O–H groups in total. The summed E-state index contributed by atoms with van der Waals surface area (Å²) < 4.78 is 10.1. The summed E-state index contributed by atoms with van der Waals surface area (Å²) in [5, 5.41) is 24.9. The molecule has 0 aliphatic rings. The first-order valence-electron chi connectivity index (χ1n) is 7.84. The molecule has 0 aromatic heterocycles. The average molecular weight is 375 g/mol. The molecule has 2 aromatic rings. The minimum atomic E-state index is -0.836. The van der Waals surface area contributed by atoms with E-state index in [4.69, 9.17) is 9.47 Å². The van der Waals surface area contributed by atoms with Crippen LogP contribution >= 0.6 is 0 Å². The van der Waals surface area contributed by atoms with Gasteiger partial charge in [-0.2, -0.15) is 0 Å². The van der Waals surface area contributed by atoms with E-state index in [1.807, 2.05) is 0 Å². The first-order chi connectivity index (χ1) is 12.9. The number of ether oxygens (including phenoxy) is 2. The van der Waals surface area contributed by atoms with Gasteiger partial charge in [-0.1, -0.05) is 12.1 Å². The van der Waals surface area contributed by atoms with Crippen LogP contribution < -0.4 is 5.32 Å². The number of hydrogen-bond acceptors (Lipinski definition) is 8. The second-order valence-corrected chi connectivity index (χ2v) is 5.37. The van der Waals surface area contributed by atoms with E-state index in [0.717, 1.165) is 6.07 Å². The SMILES string of the molecule is COCCNc1ccc([N+](=O)[O-])cc1C(=O)OCc1ccccc1[N+](=O)[O-]. The summed E-state index contributed by atoms with van der Waals surface area (Å²) in [6, 6.07) is 9.61. The predicted octanol–water partition coefficient (Wildman–Crippen LogP) is 2.92. The Morgan fingerprint density at radius 1 is 1.11 bits per heavy atom. The molecule has 10 heteroatoms. The Bertz CT molecular complexity index is 854. The molecule has 0 heterocycles. The van der Waals surface area contributed by atoms with Crippen molar-refractivity contribution in [3.8, 4) is 0 Å². The van der Waals surface area contributed by atoms with Crippen molar-refractivity contribution in [3.63, 3.8) is 0 Å². The highest BCUT2D eigenvalue weighted by Gasteiger charge is 2.20. The number of nitrogens with zero attached hydrogens (tertiary/aromatic N) is 2. The monoisotopic (exact) mass is 375 g/mol. The van der Waals surface area contributed by atoms with Crippen LogP contribution in [0, 0.1) is 20.2 Å². The molecule has 2 aromatic carbocycles. The number of rotatable bonds is 9. The van der Waals surface area contributed by atoms with Gasteiger partial charge in [-0.3, -0.25) is 20.2 Å². The maximum atomic E-state index is 12.4. The summed E-state index contributed by atoms with van der Waals surface area (Å²) in [6.07, 6.45) is 0. The summed E-state index contributed by atoms with van der Waals surface area (Å²) in [5.74, 6) is -0.836. The van der Waals surface area contributed by atoms with Gasteiger partial charge >= 0.3 is 5.97 Å². The second-order valence-electron chi connectivity index (χ2n) is 5.37. The van der Waals surface area contributed by atoms with Crippen LogP contribution in [0.2, 0.25) is 0 Å². The lowest BCUT2D eigenvalue weighted by Crippen LogP contribution is -2.14. The van der Waals surface area contributed by atoms with E-state index in [9.17, 15) is 25.0 Å². The molecule has 0 bridgehead atoms. The van der Waals surface area contributed by atoms with Gasteiger partial charge in [0.25, 0.3) is 11.4 Å². The van der Waals surface area contributed by atoms with E-state index in [1.54, 1.807) is 6.07 Å². The van der Waals surface area contributed by atoms with Crippen LogP contribution in [0.5, 0.6) is 0 Å². The number of anilines is 1. The van der Waals surface area contributed by atoms with Gasteiger partial charge in [-0.25, -0.2) is 4.79 Å². The number of esters is 1. The van der Waals surface area contributed by atoms with Crippen molar-refractivity contribution in [1.29, 1.82) is 0 Å². The Labute approximate surface area is 154 Å². The third-order valence-corrected chi connectivity index (χ3v) is 3.60. The molecule has 0 aliphatic carbocycles. The van der Waals surface area contributed by atoms with E-state index >= 15 is 0 Å². The van der Waals surface area contributed by atoms with Gasteiger partial charge in [-0.15, -0.1) is 0 Å². The number of para-hydroxylation sites is 1. The molecular formula is C17H17N3O7. The van der Waals surface area contributed by atoms with Gasteiger partial charge in [0.05, 0.1) is 27.6 Å². The van der Waals surface area contributed by atoms with Crippen molar-refractivity contribution in [2.75, 3.05) is 25.6 Å². The molecule has 142 valence electrons. The highest BCUT2D eigenvalue weighted by atomic mass is 16.6. The first kappa shape index (κ1) is 19.8. The lowest BCUT2D eigenvalue weighted by Gasteiger charge is -2.12. The Morgan fingerprint density at radius 3 is 2.52 bits per heavy atom. The fraction of sp³-hybridized carbons (Fsp3) is 0.235. The molecule has 0 amide bonds. The highest BCUT2D eigenvalue weighted by molar-refractivity contribution is 5.96. The van der Waals surface area contributed by atoms with Crippen LogP contribution in [-0.2, 0) is 16.1 Å². The third kappa shape index (κ3) is 5.22. The van der Waals surface area contributed by atoms with E-state index in [0.29, 0.717) is 18.8 Å². The minimum Gasteiger partial charge on any atom is -0.457 e. The van der Waals surface area contributed by atoms with Crippen LogP contribution in [-0.4, -0.2) is 36.1 Å².